The lowest BCUT2D eigenvalue weighted by molar-refractivity contribution is 0.629. The SMILES string of the molecule is O=c1c2cc(F)ccc2c2cc3ccc4c(=O)c5cc(F)ccc5c5cc6ccc1c2c6c3c45. The third-order valence-corrected chi connectivity index (χ3v) is 7.39. The van der Waals surface area contributed by atoms with Crippen molar-refractivity contribution in [3.8, 4) is 0 Å². The number of benzene rings is 8. The van der Waals surface area contributed by atoms with Crippen LogP contribution in [0.2, 0.25) is 0 Å². The zero-order valence-corrected chi connectivity index (χ0v) is 17.5. The van der Waals surface area contributed by atoms with Crippen molar-refractivity contribution in [2.75, 3.05) is 0 Å². The fraction of sp³-hybridized carbons (Fsp3) is 0. The van der Waals surface area contributed by atoms with Gasteiger partial charge >= 0.3 is 0 Å². The van der Waals surface area contributed by atoms with Crippen molar-refractivity contribution in [2.45, 2.75) is 0 Å². The van der Waals surface area contributed by atoms with Crippen LogP contribution >= 0.6 is 0 Å². The second-order valence-corrected chi connectivity index (χ2v) is 9.06. The van der Waals surface area contributed by atoms with E-state index in [-0.39, 0.29) is 10.9 Å². The summed E-state index contributed by atoms with van der Waals surface area (Å²) in [4.78, 5) is 26.7. The van der Waals surface area contributed by atoms with Gasteiger partial charge in [0, 0.05) is 32.3 Å². The Morgan fingerprint density at radius 2 is 0.794 bits per heavy atom. The minimum atomic E-state index is -0.444. The fourth-order valence-corrected chi connectivity index (χ4v) is 6.00. The molecule has 34 heavy (non-hydrogen) atoms. The average molecular weight is 442 g/mol. The van der Waals surface area contributed by atoms with Gasteiger partial charge in [-0.2, -0.15) is 0 Å². The topological polar surface area (TPSA) is 34.1 Å². The molecule has 0 aliphatic rings. The first-order valence-electron chi connectivity index (χ1n) is 11.0. The standard InChI is InChI=1S/C30H12F2O2/c31-15-4-8-18-22-10-14-2-6-20-28-21(17-7-3-16(32)12-24(17)30(20)34)9-13-1-5-19(29(33)23(18)11-15)27(22)25(13)26(14)28/h1-12H. The predicted octanol–water partition coefficient (Wildman–Crippen LogP) is 7.07. The molecule has 0 saturated heterocycles. The first-order valence-corrected chi connectivity index (χ1v) is 11.0. The van der Waals surface area contributed by atoms with E-state index >= 15 is 0 Å². The molecule has 2 nitrogen and oxygen atoms in total. The first kappa shape index (κ1) is 18.0. The van der Waals surface area contributed by atoms with Crippen LogP contribution in [0.1, 0.15) is 0 Å². The van der Waals surface area contributed by atoms with E-state index in [2.05, 4.69) is 0 Å². The van der Waals surface area contributed by atoms with Gasteiger partial charge in [-0.3, -0.25) is 9.59 Å². The predicted molar refractivity (Wildman–Crippen MR) is 135 cm³/mol. The minimum Gasteiger partial charge on any atom is -0.289 e. The van der Waals surface area contributed by atoms with Crippen molar-refractivity contribution in [1.82, 2.24) is 0 Å². The summed E-state index contributed by atoms with van der Waals surface area (Å²) in [5.74, 6) is -0.888. The van der Waals surface area contributed by atoms with Crippen molar-refractivity contribution in [3.63, 3.8) is 0 Å². The van der Waals surface area contributed by atoms with Crippen molar-refractivity contribution in [2.24, 2.45) is 0 Å². The molecule has 0 saturated carbocycles. The molecule has 158 valence electrons. The fourth-order valence-electron chi connectivity index (χ4n) is 6.00. The molecule has 0 atom stereocenters. The van der Waals surface area contributed by atoms with Gasteiger partial charge in [0.05, 0.1) is 0 Å². The van der Waals surface area contributed by atoms with Gasteiger partial charge in [-0.15, -0.1) is 0 Å². The van der Waals surface area contributed by atoms with Crippen LogP contribution in [0, 0.1) is 11.6 Å². The normalized spacial score (nSPS) is 12.6. The highest BCUT2D eigenvalue weighted by Crippen LogP contribution is 2.45. The summed E-state index contributed by atoms with van der Waals surface area (Å²) in [6.07, 6.45) is 0. The highest BCUT2D eigenvalue weighted by molar-refractivity contribution is 6.40. The number of halogens is 2. The largest absolute Gasteiger partial charge is 0.289 e. The Balaban J connectivity index is 1.76. The molecule has 0 radical (unpaired) electrons. The van der Waals surface area contributed by atoms with Gasteiger partial charge in [-0.05, 0) is 91.6 Å². The Hall–Kier alpha value is -4.44. The molecule has 0 aromatic heterocycles. The van der Waals surface area contributed by atoms with Crippen LogP contribution in [0.3, 0.4) is 0 Å². The Morgan fingerprint density at radius 1 is 0.382 bits per heavy atom. The Labute approximate surface area is 189 Å². The van der Waals surface area contributed by atoms with E-state index in [1.54, 1.807) is 24.3 Å². The van der Waals surface area contributed by atoms with E-state index < -0.39 is 11.6 Å². The van der Waals surface area contributed by atoms with Crippen LogP contribution in [-0.2, 0) is 0 Å². The number of hydrogen-bond donors (Lipinski definition) is 0. The van der Waals surface area contributed by atoms with Gasteiger partial charge in [-0.25, -0.2) is 8.78 Å². The molecule has 0 fully saturated rings. The second kappa shape index (κ2) is 5.72. The van der Waals surface area contributed by atoms with Gasteiger partial charge in [0.15, 0.2) is 10.9 Å². The van der Waals surface area contributed by atoms with Crippen molar-refractivity contribution in [1.29, 1.82) is 0 Å². The van der Waals surface area contributed by atoms with Crippen LogP contribution in [0.5, 0.6) is 0 Å². The van der Waals surface area contributed by atoms with E-state index in [9.17, 15) is 18.4 Å². The summed E-state index contributed by atoms with van der Waals surface area (Å²) in [6, 6.07) is 20.2. The van der Waals surface area contributed by atoms with E-state index in [1.165, 1.54) is 24.3 Å². The van der Waals surface area contributed by atoms with Gasteiger partial charge in [0.2, 0.25) is 0 Å². The lowest BCUT2D eigenvalue weighted by atomic mass is 9.84. The molecular formula is C30H12F2O2. The molecule has 0 bridgehead atoms. The molecular weight excluding hydrogens is 430 g/mol. The lowest BCUT2D eigenvalue weighted by Crippen LogP contribution is -2.06. The number of rotatable bonds is 0. The zero-order chi connectivity index (χ0) is 22.9. The van der Waals surface area contributed by atoms with Crippen LogP contribution in [0.15, 0.2) is 82.4 Å². The summed E-state index contributed by atoms with van der Waals surface area (Å²) >= 11 is 0. The van der Waals surface area contributed by atoms with Crippen molar-refractivity contribution in [3.05, 3.63) is 105 Å². The smallest absolute Gasteiger partial charge is 0.194 e. The number of hydrogen-bond acceptors (Lipinski definition) is 2. The van der Waals surface area contributed by atoms with Gasteiger partial charge in [0.1, 0.15) is 11.6 Å². The Bertz CT molecular complexity index is 2120. The van der Waals surface area contributed by atoms with Crippen molar-refractivity contribution >= 4 is 75.4 Å². The maximum atomic E-state index is 14.0. The molecule has 8 rings (SSSR count). The van der Waals surface area contributed by atoms with Crippen molar-refractivity contribution < 1.29 is 8.78 Å². The van der Waals surface area contributed by atoms with Crippen LogP contribution in [-0.4, -0.2) is 0 Å². The lowest BCUT2D eigenvalue weighted by Gasteiger charge is -2.18. The van der Waals surface area contributed by atoms with E-state index in [4.69, 9.17) is 0 Å². The Morgan fingerprint density at radius 3 is 1.24 bits per heavy atom. The third kappa shape index (κ3) is 1.96. The summed E-state index contributed by atoms with van der Waals surface area (Å²) in [7, 11) is 0. The summed E-state index contributed by atoms with van der Waals surface area (Å²) < 4.78 is 28.0. The van der Waals surface area contributed by atoms with Gasteiger partial charge in [0.25, 0.3) is 0 Å². The van der Waals surface area contributed by atoms with Crippen LogP contribution in [0.25, 0.3) is 75.4 Å². The molecule has 8 aromatic carbocycles. The van der Waals surface area contributed by atoms with Gasteiger partial charge < -0.3 is 0 Å². The van der Waals surface area contributed by atoms with Crippen LogP contribution in [0.4, 0.5) is 8.78 Å². The molecule has 8 aromatic rings. The zero-order valence-electron chi connectivity index (χ0n) is 17.5. The summed E-state index contributed by atoms with van der Waals surface area (Å²) in [5, 5.41) is 10.4. The second-order valence-electron chi connectivity index (χ2n) is 9.06. The van der Waals surface area contributed by atoms with E-state index in [0.717, 1.165) is 43.1 Å². The molecule has 0 amide bonds. The molecule has 0 unspecified atom stereocenters. The quantitative estimate of drug-likeness (QED) is 0.186. The minimum absolute atomic E-state index is 0.204. The maximum absolute atomic E-state index is 14.0. The molecule has 0 aliphatic carbocycles. The summed E-state index contributed by atoms with van der Waals surface area (Å²) in [6.45, 7) is 0. The van der Waals surface area contributed by atoms with Gasteiger partial charge in [-0.1, -0.05) is 24.3 Å². The maximum Gasteiger partial charge on any atom is 0.194 e. The average Bonchev–Trinajstić information content (AvgIpc) is 2.84. The summed E-state index contributed by atoms with van der Waals surface area (Å²) in [5.41, 5.74) is -0.409. The highest BCUT2D eigenvalue weighted by atomic mass is 19.1. The third-order valence-electron chi connectivity index (χ3n) is 7.39. The highest BCUT2D eigenvalue weighted by Gasteiger charge is 2.21. The van der Waals surface area contributed by atoms with Crippen LogP contribution < -0.4 is 10.9 Å². The first-order chi connectivity index (χ1) is 16.5. The van der Waals surface area contributed by atoms with E-state index in [1.807, 2.05) is 24.3 Å². The Kier molecular flexibility index (Phi) is 3.04. The molecule has 4 heteroatoms. The molecule has 0 spiro atoms. The molecule has 0 N–H and O–H groups in total. The number of fused-ring (bicyclic) bond motifs is 4. The molecule has 0 aliphatic heterocycles. The van der Waals surface area contributed by atoms with E-state index in [0.29, 0.717) is 32.3 Å². The monoisotopic (exact) mass is 442 g/mol. The molecule has 0 heterocycles.